The summed E-state index contributed by atoms with van der Waals surface area (Å²) in [6.45, 7) is 1.96. The first-order valence-corrected chi connectivity index (χ1v) is 9.49. The van der Waals surface area contributed by atoms with E-state index < -0.39 is 5.97 Å². The van der Waals surface area contributed by atoms with Gasteiger partial charge in [0.05, 0.1) is 5.56 Å². The normalized spacial score (nSPS) is 11.2. The molecule has 3 rings (SSSR count). The SMILES string of the molecule is Cc1cccc(/C(N)=N\OC(=O)c2ccccc2SCc2ccccc2)c1. The van der Waals surface area contributed by atoms with Crippen LogP contribution >= 0.6 is 11.8 Å². The molecule has 0 saturated carbocycles. The minimum atomic E-state index is -0.526. The van der Waals surface area contributed by atoms with Crippen LogP contribution in [0.15, 0.2) is 88.9 Å². The van der Waals surface area contributed by atoms with Crippen LogP contribution in [0.1, 0.15) is 27.0 Å². The average molecular weight is 376 g/mol. The van der Waals surface area contributed by atoms with Gasteiger partial charge in [0.1, 0.15) is 0 Å². The van der Waals surface area contributed by atoms with Crippen LogP contribution in [-0.4, -0.2) is 11.8 Å². The second-order valence-electron chi connectivity index (χ2n) is 6.00. The van der Waals surface area contributed by atoms with Gasteiger partial charge in [-0.05, 0) is 30.7 Å². The minimum Gasteiger partial charge on any atom is -0.380 e. The van der Waals surface area contributed by atoms with Gasteiger partial charge < -0.3 is 10.6 Å². The number of aryl methyl sites for hydroxylation is 1. The highest BCUT2D eigenvalue weighted by Crippen LogP contribution is 2.26. The van der Waals surface area contributed by atoms with Gasteiger partial charge in [0.25, 0.3) is 0 Å². The van der Waals surface area contributed by atoms with E-state index in [4.69, 9.17) is 10.6 Å². The summed E-state index contributed by atoms with van der Waals surface area (Å²) >= 11 is 1.58. The first kappa shape index (κ1) is 18.7. The molecule has 27 heavy (non-hydrogen) atoms. The van der Waals surface area contributed by atoms with Crippen LogP contribution in [0.2, 0.25) is 0 Å². The Bertz CT molecular complexity index is 955. The molecular formula is C22H20N2O2S. The number of oxime groups is 1. The van der Waals surface area contributed by atoms with E-state index in [9.17, 15) is 4.79 Å². The first-order valence-electron chi connectivity index (χ1n) is 8.51. The molecule has 0 fully saturated rings. The molecule has 0 radical (unpaired) electrons. The molecule has 136 valence electrons. The molecule has 0 atom stereocenters. The summed E-state index contributed by atoms with van der Waals surface area (Å²) in [6.07, 6.45) is 0. The molecule has 3 aromatic rings. The molecule has 0 amide bonds. The fourth-order valence-electron chi connectivity index (χ4n) is 2.49. The molecule has 0 aliphatic rings. The van der Waals surface area contributed by atoms with E-state index in [2.05, 4.69) is 17.3 Å². The average Bonchev–Trinajstić information content (AvgIpc) is 2.71. The minimum absolute atomic E-state index is 0.168. The number of carbonyl (C=O) groups excluding carboxylic acids is 1. The second kappa shape index (κ2) is 9.05. The monoisotopic (exact) mass is 376 g/mol. The number of rotatable bonds is 6. The predicted molar refractivity (Wildman–Crippen MR) is 110 cm³/mol. The molecule has 0 bridgehead atoms. The van der Waals surface area contributed by atoms with E-state index in [1.807, 2.05) is 61.5 Å². The van der Waals surface area contributed by atoms with E-state index in [-0.39, 0.29) is 5.84 Å². The van der Waals surface area contributed by atoms with Crippen molar-refractivity contribution in [1.29, 1.82) is 0 Å². The number of benzene rings is 3. The summed E-state index contributed by atoms with van der Waals surface area (Å²) in [5, 5.41) is 3.81. The van der Waals surface area contributed by atoms with Crippen LogP contribution in [0, 0.1) is 6.92 Å². The molecule has 0 spiro atoms. The highest BCUT2D eigenvalue weighted by Gasteiger charge is 2.14. The third-order valence-electron chi connectivity index (χ3n) is 3.88. The zero-order chi connectivity index (χ0) is 19.1. The third-order valence-corrected chi connectivity index (χ3v) is 5.03. The predicted octanol–water partition coefficient (Wildman–Crippen LogP) is 4.76. The quantitative estimate of drug-likeness (QED) is 0.221. The van der Waals surface area contributed by atoms with Gasteiger partial charge >= 0.3 is 5.97 Å². The van der Waals surface area contributed by atoms with Crippen LogP contribution < -0.4 is 5.73 Å². The maximum Gasteiger partial charge on any atom is 0.366 e. The molecule has 0 aliphatic carbocycles. The lowest BCUT2D eigenvalue weighted by molar-refractivity contribution is 0.0512. The topological polar surface area (TPSA) is 64.7 Å². The zero-order valence-electron chi connectivity index (χ0n) is 15.0. The van der Waals surface area contributed by atoms with Gasteiger partial charge in [0, 0.05) is 16.2 Å². The summed E-state index contributed by atoms with van der Waals surface area (Å²) in [7, 11) is 0. The molecule has 0 saturated heterocycles. The number of hydrogen-bond donors (Lipinski definition) is 1. The van der Waals surface area contributed by atoms with Gasteiger partial charge in [-0.25, -0.2) is 4.79 Å². The number of amidine groups is 1. The van der Waals surface area contributed by atoms with E-state index >= 15 is 0 Å². The Morgan fingerprint density at radius 1 is 1.00 bits per heavy atom. The Morgan fingerprint density at radius 3 is 2.52 bits per heavy atom. The molecule has 0 unspecified atom stereocenters. The molecule has 0 heterocycles. The van der Waals surface area contributed by atoms with Gasteiger partial charge in [-0.1, -0.05) is 71.4 Å². The summed E-state index contributed by atoms with van der Waals surface area (Å²) in [5.41, 5.74) is 9.36. The lowest BCUT2D eigenvalue weighted by Crippen LogP contribution is -2.15. The molecule has 2 N–H and O–H groups in total. The Balaban J connectivity index is 1.70. The summed E-state index contributed by atoms with van der Waals surface area (Å²) in [6, 6.07) is 25.0. The molecule has 5 heteroatoms. The maximum atomic E-state index is 12.5. The smallest absolute Gasteiger partial charge is 0.366 e. The maximum absolute atomic E-state index is 12.5. The largest absolute Gasteiger partial charge is 0.380 e. The standard InChI is InChI=1S/C22H20N2O2S/c1-16-8-7-11-18(14-16)21(23)24-26-22(25)19-12-5-6-13-20(19)27-15-17-9-3-2-4-10-17/h2-14H,15H2,1H3,(H2,23,24). The van der Waals surface area contributed by atoms with Crippen molar-refractivity contribution < 1.29 is 9.63 Å². The molecule has 0 aliphatic heterocycles. The Morgan fingerprint density at radius 2 is 1.74 bits per heavy atom. The van der Waals surface area contributed by atoms with Gasteiger partial charge in [0.15, 0.2) is 5.84 Å². The van der Waals surface area contributed by atoms with Crippen molar-refractivity contribution in [3.8, 4) is 0 Å². The van der Waals surface area contributed by atoms with Crippen molar-refractivity contribution in [3.63, 3.8) is 0 Å². The Kier molecular flexibility index (Phi) is 6.28. The number of carbonyl (C=O) groups is 1. The number of nitrogens with two attached hydrogens (primary N) is 1. The van der Waals surface area contributed by atoms with Crippen LogP contribution in [-0.2, 0) is 10.6 Å². The van der Waals surface area contributed by atoms with Gasteiger partial charge in [0.2, 0.25) is 0 Å². The van der Waals surface area contributed by atoms with E-state index in [0.717, 1.165) is 21.8 Å². The van der Waals surface area contributed by atoms with Gasteiger partial charge in [-0.3, -0.25) is 0 Å². The van der Waals surface area contributed by atoms with Crippen molar-refractivity contribution in [2.45, 2.75) is 17.6 Å². The van der Waals surface area contributed by atoms with Crippen molar-refractivity contribution >= 4 is 23.6 Å². The third kappa shape index (κ3) is 5.21. The lowest BCUT2D eigenvalue weighted by Gasteiger charge is -2.07. The summed E-state index contributed by atoms with van der Waals surface area (Å²) < 4.78 is 0. The second-order valence-corrected chi connectivity index (χ2v) is 7.01. The van der Waals surface area contributed by atoms with Crippen molar-refractivity contribution in [2.24, 2.45) is 10.9 Å². The van der Waals surface area contributed by atoms with Crippen molar-refractivity contribution in [2.75, 3.05) is 0 Å². The van der Waals surface area contributed by atoms with E-state index in [1.165, 1.54) is 5.56 Å². The van der Waals surface area contributed by atoms with Crippen LogP contribution in [0.25, 0.3) is 0 Å². The first-order chi connectivity index (χ1) is 13.1. The van der Waals surface area contributed by atoms with Crippen LogP contribution in [0.4, 0.5) is 0 Å². The number of thioether (sulfide) groups is 1. The summed E-state index contributed by atoms with van der Waals surface area (Å²) in [4.78, 5) is 18.4. The number of hydrogen-bond acceptors (Lipinski definition) is 4. The van der Waals surface area contributed by atoms with Gasteiger partial charge in [-0.15, -0.1) is 11.8 Å². The zero-order valence-corrected chi connectivity index (χ0v) is 15.8. The van der Waals surface area contributed by atoms with Gasteiger partial charge in [-0.2, -0.15) is 0 Å². The van der Waals surface area contributed by atoms with E-state index in [0.29, 0.717) is 5.56 Å². The Labute approximate surface area is 163 Å². The fourth-order valence-corrected chi connectivity index (χ4v) is 3.49. The lowest BCUT2D eigenvalue weighted by atomic mass is 10.1. The van der Waals surface area contributed by atoms with Crippen LogP contribution in [0.5, 0.6) is 0 Å². The van der Waals surface area contributed by atoms with Crippen molar-refractivity contribution in [3.05, 3.63) is 101 Å². The highest BCUT2D eigenvalue weighted by molar-refractivity contribution is 7.98. The highest BCUT2D eigenvalue weighted by atomic mass is 32.2. The van der Waals surface area contributed by atoms with Crippen molar-refractivity contribution in [1.82, 2.24) is 0 Å². The number of nitrogens with zero attached hydrogens (tertiary/aromatic N) is 1. The Hall–Kier alpha value is -3.05. The fraction of sp³-hybridized carbons (Fsp3) is 0.0909. The van der Waals surface area contributed by atoms with E-state index in [1.54, 1.807) is 23.9 Å². The molecule has 4 nitrogen and oxygen atoms in total. The van der Waals surface area contributed by atoms with Crippen LogP contribution in [0.3, 0.4) is 0 Å². The summed E-state index contributed by atoms with van der Waals surface area (Å²) in [5.74, 6) is 0.406. The molecule has 0 aromatic heterocycles. The molecular weight excluding hydrogens is 356 g/mol. The molecule has 3 aromatic carbocycles.